The largest absolute Gasteiger partial charge is 0.481 e. The highest BCUT2D eigenvalue weighted by atomic mass is 32.1. The second-order valence-electron chi connectivity index (χ2n) is 3.53. The van der Waals surface area contributed by atoms with Gasteiger partial charge < -0.3 is 5.11 Å². The van der Waals surface area contributed by atoms with Crippen molar-refractivity contribution >= 4 is 17.3 Å². The van der Waals surface area contributed by atoms with Gasteiger partial charge in [0.1, 0.15) is 10.4 Å². The molecule has 1 saturated carbocycles. The molecule has 0 aliphatic heterocycles. The van der Waals surface area contributed by atoms with E-state index in [2.05, 4.69) is 4.98 Å². The number of aromatic nitrogens is 1. The van der Waals surface area contributed by atoms with Crippen LogP contribution in [0.2, 0.25) is 0 Å². The van der Waals surface area contributed by atoms with E-state index in [1.165, 1.54) is 11.3 Å². The number of aryl methyl sites for hydroxylation is 1. The van der Waals surface area contributed by atoms with Crippen molar-refractivity contribution in [2.75, 3.05) is 0 Å². The van der Waals surface area contributed by atoms with Gasteiger partial charge in [-0.2, -0.15) is 0 Å². The summed E-state index contributed by atoms with van der Waals surface area (Å²) in [6.45, 7) is 1.90. The summed E-state index contributed by atoms with van der Waals surface area (Å²) in [4.78, 5) is 15.3. The van der Waals surface area contributed by atoms with Crippen LogP contribution in [0, 0.1) is 6.92 Å². The van der Waals surface area contributed by atoms with Crippen molar-refractivity contribution in [1.29, 1.82) is 0 Å². The van der Waals surface area contributed by atoms with Gasteiger partial charge in [-0.15, -0.1) is 11.3 Å². The zero-order valence-corrected chi connectivity index (χ0v) is 8.23. The summed E-state index contributed by atoms with van der Waals surface area (Å²) >= 11 is 1.47. The Hall–Kier alpha value is -0.900. The van der Waals surface area contributed by atoms with E-state index in [9.17, 15) is 4.79 Å². The monoisotopic (exact) mass is 197 g/mol. The Balaban J connectivity index is 2.37. The van der Waals surface area contributed by atoms with Crippen molar-refractivity contribution in [3.8, 4) is 0 Å². The van der Waals surface area contributed by atoms with E-state index in [0.717, 1.165) is 30.0 Å². The molecule has 1 heterocycles. The van der Waals surface area contributed by atoms with Crippen LogP contribution in [0.4, 0.5) is 0 Å². The van der Waals surface area contributed by atoms with E-state index in [1.807, 2.05) is 12.3 Å². The van der Waals surface area contributed by atoms with Crippen LogP contribution in [-0.4, -0.2) is 16.1 Å². The van der Waals surface area contributed by atoms with E-state index >= 15 is 0 Å². The minimum absolute atomic E-state index is 0.640. The maximum atomic E-state index is 11.1. The lowest BCUT2D eigenvalue weighted by atomic mass is 9.69. The quantitative estimate of drug-likeness (QED) is 0.788. The summed E-state index contributed by atoms with van der Waals surface area (Å²) in [5, 5.41) is 11.8. The number of carboxylic acids is 1. The van der Waals surface area contributed by atoms with Crippen LogP contribution >= 0.6 is 11.3 Å². The van der Waals surface area contributed by atoms with E-state index in [1.54, 1.807) is 0 Å². The highest BCUT2D eigenvalue weighted by Gasteiger charge is 2.48. The SMILES string of the molecule is Cc1csc(C2(C(=O)O)CCC2)n1. The van der Waals surface area contributed by atoms with Gasteiger partial charge in [0.05, 0.1) is 0 Å². The van der Waals surface area contributed by atoms with Gasteiger partial charge in [-0.25, -0.2) is 4.98 Å². The van der Waals surface area contributed by atoms with Gasteiger partial charge in [-0.05, 0) is 19.8 Å². The summed E-state index contributed by atoms with van der Waals surface area (Å²) in [6, 6.07) is 0. The Morgan fingerprint density at radius 3 is 2.69 bits per heavy atom. The molecule has 0 saturated heterocycles. The summed E-state index contributed by atoms with van der Waals surface area (Å²) < 4.78 is 0. The van der Waals surface area contributed by atoms with Crippen molar-refractivity contribution in [3.05, 3.63) is 16.1 Å². The molecule has 3 nitrogen and oxygen atoms in total. The number of hydrogen-bond donors (Lipinski definition) is 1. The number of aliphatic carboxylic acids is 1. The van der Waals surface area contributed by atoms with Crippen molar-refractivity contribution in [2.45, 2.75) is 31.6 Å². The molecule has 1 aromatic rings. The molecule has 0 aromatic carbocycles. The Kier molecular flexibility index (Phi) is 1.87. The van der Waals surface area contributed by atoms with Crippen molar-refractivity contribution in [2.24, 2.45) is 0 Å². The molecular formula is C9H11NO2S. The molecule has 70 valence electrons. The van der Waals surface area contributed by atoms with Crippen molar-refractivity contribution < 1.29 is 9.90 Å². The van der Waals surface area contributed by atoms with E-state index in [0.29, 0.717) is 0 Å². The third-order valence-corrected chi connectivity index (χ3v) is 3.81. The second kappa shape index (κ2) is 2.80. The van der Waals surface area contributed by atoms with Gasteiger partial charge in [-0.1, -0.05) is 6.42 Å². The van der Waals surface area contributed by atoms with Gasteiger partial charge in [0.2, 0.25) is 0 Å². The third-order valence-electron chi connectivity index (χ3n) is 2.64. The number of rotatable bonds is 2. The summed E-state index contributed by atoms with van der Waals surface area (Å²) in [7, 11) is 0. The molecule has 1 N–H and O–H groups in total. The van der Waals surface area contributed by atoms with Gasteiger partial charge in [0, 0.05) is 11.1 Å². The molecule has 13 heavy (non-hydrogen) atoms. The molecule has 0 bridgehead atoms. The van der Waals surface area contributed by atoms with Crippen LogP contribution in [0.1, 0.15) is 30.0 Å². The van der Waals surface area contributed by atoms with Gasteiger partial charge in [0.25, 0.3) is 0 Å². The predicted octanol–water partition coefficient (Wildman–Crippen LogP) is 1.96. The van der Waals surface area contributed by atoms with Gasteiger partial charge in [-0.3, -0.25) is 4.79 Å². The fraction of sp³-hybridized carbons (Fsp3) is 0.556. The van der Waals surface area contributed by atoms with Crippen LogP contribution in [0.3, 0.4) is 0 Å². The molecule has 0 unspecified atom stereocenters. The molecule has 1 aliphatic rings. The lowest BCUT2D eigenvalue weighted by Gasteiger charge is -2.35. The number of nitrogens with zero attached hydrogens (tertiary/aromatic N) is 1. The average Bonchev–Trinajstić information content (AvgIpc) is 2.32. The van der Waals surface area contributed by atoms with E-state index in [-0.39, 0.29) is 0 Å². The lowest BCUT2D eigenvalue weighted by Crippen LogP contribution is -2.42. The van der Waals surface area contributed by atoms with Gasteiger partial charge in [0.15, 0.2) is 0 Å². The standard InChI is InChI=1S/C9H11NO2S/c1-6-5-13-7(10-6)9(8(11)12)3-2-4-9/h5H,2-4H2,1H3,(H,11,12). The van der Waals surface area contributed by atoms with E-state index in [4.69, 9.17) is 5.11 Å². The predicted molar refractivity (Wildman–Crippen MR) is 50.0 cm³/mol. The molecule has 1 aliphatic carbocycles. The zero-order chi connectivity index (χ0) is 9.47. The summed E-state index contributed by atoms with van der Waals surface area (Å²) in [5.41, 5.74) is 0.284. The number of carboxylic acid groups (broad SMARTS) is 1. The molecule has 2 rings (SSSR count). The van der Waals surface area contributed by atoms with Crippen molar-refractivity contribution in [1.82, 2.24) is 4.98 Å². The Bertz CT molecular complexity index is 341. The highest BCUT2D eigenvalue weighted by molar-refractivity contribution is 7.10. The first-order chi connectivity index (χ1) is 6.15. The zero-order valence-electron chi connectivity index (χ0n) is 7.41. The third kappa shape index (κ3) is 1.16. The summed E-state index contributed by atoms with van der Waals surface area (Å²) in [5.74, 6) is -0.715. The molecule has 1 aromatic heterocycles. The second-order valence-corrected chi connectivity index (χ2v) is 4.39. The maximum Gasteiger partial charge on any atom is 0.316 e. The Labute approximate surface area is 80.4 Å². The first kappa shape index (κ1) is 8.69. The fourth-order valence-electron chi connectivity index (χ4n) is 1.62. The minimum atomic E-state index is -0.715. The van der Waals surface area contributed by atoms with Gasteiger partial charge >= 0.3 is 5.97 Å². The van der Waals surface area contributed by atoms with Crippen LogP contribution in [0.25, 0.3) is 0 Å². The van der Waals surface area contributed by atoms with E-state index < -0.39 is 11.4 Å². The lowest BCUT2D eigenvalue weighted by molar-refractivity contribution is -0.147. The molecule has 0 amide bonds. The molecule has 0 radical (unpaired) electrons. The fourth-order valence-corrected chi connectivity index (χ4v) is 2.67. The number of hydrogen-bond acceptors (Lipinski definition) is 3. The smallest absolute Gasteiger partial charge is 0.316 e. The first-order valence-corrected chi connectivity index (χ1v) is 5.19. The molecular weight excluding hydrogens is 186 g/mol. The van der Waals surface area contributed by atoms with Crippen molar-refractivity contribution in [3.63, 3.8) is 0 Å². The number of thiazole rings is 1. The molecule has 4 heteroatoms. The maximum absolute atomic E-state index is 11.1. The topological polar surface area (TPSA) is 50.2 Å². The average molecular weight is 197 g/mol. The van der Waals surface area contributed by atoms with Crippen LogP contribution in [-0.2, 0) is 10.2 Å². The van der Waals surface area contributed by atoms with Crippen LogP contribution in [0.5, 0.6) is 0 Å². The highest BCUT2D eigenvalue weighted by Crippen LogP contribution is 2.44. The number of carbonyl (C=O) groups is 1. The first-order valence-electron chi connectivity index (χ1n) is 4.31. The molecule has 1 fully saturated rings. The van der Waals surface area contributed by atoms with Crippen LogP contribution < -0.4 is 0 Å². The molecule has 0 spiro atoms. The Morgan fingerprint density at radius 2 is 2.38 bits per heavy atom. The normalized spacial score (nSPS) is 19.5. The summed E-state index contributed by atoms with van der Waals surface area (Å²) in [6.07, 6.45) is 2.50. The minimum Gasteiger partial charge on any atom is -0.481 e. The van der Waals surface area contributed by atoms with Crippen LogP contribution in [0.15, 0.2) is 5.38 Å². The molecule has 0 atom stereocenters. The Morgan fingerprint density at radius 1 is 1.69 bits per heavy atom.